The number of hydrogen-bond donors (Lipinski definition) is 0. The molecular weight excluding hydrogens is 288 g/mol. The second kappa shape index (κ2) is 7.62. The first-order valence-corrected chi connectivity index (χ1v) is 8.52. The van der Waals surface area contributed by atoms with E-state index in [0.29, 0.717) is 18.9 Å². The molecule has 1 aliphatic rings. The maximum absolute atomic E-state index is 12.4. The van der Waals surface area contributed by atoms with Crippen LogP contribution in [0.5, 0.6) is 0 Å². The number of rotatable bonds is 4. The minimum atomic E-state index is -0.0116. The summed E-state index contributed by atoms with van der Waals surface area (Å²) < 4.78 is 0. The van der Waals surface area contributed by atoms with Gasteiger partial charge in [0, 0.05) is 38.7 Å². The lowest BCUT2D eigenvalue weighted by molar-refractivity contribution is -0.132. The third-order valence-electron chi connectivity index (χ3n) is 4.78. The SMILES string of the molecule is CC(=O)N(CCC(=O)N1CCC(C)CC1)c1c(C)cccc1C. The Bertz CT molecular complexity index is 554. The smallest absolute Gasteiger partial charge is 0.224 e. The van der Waals surface area contributed by atoms with Crippen LogP contribution in [-0.4, -0.2) is 36.3 Å². The van der Waals surface area contributed by atoms with Crippen molar-refractivity contribution in [3.63, 3.8) is 0 Å². The van der Waals surface area contributed by atoms with Crippen LogP contribution >= 0.6 is 0 Å². The van der Waals surface area contributed by atoms with Crippen molar-refractivity contribution in [1.82, 2.24) is 4.90 Å². The molecule has 1 fully saturated rings. The van der Waals surface area contributed by atoms with Crippen LogP contribution in [0.25, 0.3) is 0 Å². The van der Waals surface area contributed by atoms with E-state index in [0.717, 1.165) is 42.7 Å². The Kier molecular flexibility index (Phi) is 5.80. The van der Waals surface area contributed by atoms with Crippen LogP contribution < -0.4 is 4.90 Å². The number of para-hydroxylation sites is 1. The number of likely N-dealkylation sites (tertiary alicyclic amines) is 1. The summed E-state index contributed by atoms with van der Waals surface area (Å²) in [5.41, 5.74) is 3.08. The van der Waals surface area contributed by atoms with Gasteiger partial charge < -0.3 is 9.80 Å². The average molecular weight is 316 g/mol. The minimum Gasteiger partial charge on any atom is -0.343 e. The first-order valence-electron chi connectivity index (χ1n) is 8.52. The predicted octanol–water partition coefficient (Wildman–Crippen LogP) is 3.30. The maximum atomic E-state index is 12.4. The van der Waals surface area contributed by atoms with Gasteiger partial charge in [0.1, 0.15) is 0 Å². The molecule has 2 rings (SSSR count). The highest BCUT2D eigenvalue weighted by Gasteiger charge is 2.22. The maximum Gasteiger partial charge on any atom is 0.224 e. The second-order valence-electron chi connectivity index (χ2n) is 6.72. The van der Waals surface area contributed by atoms with E-state index in [4.69, 9.17) is 0 Å². The fraction of sp³-hybridized carbons (Fsp3) is 0.579. The highest BCUT2D eigenvalue weighted by molar-refractivity contribution is 5.94. The van der Waals surface area contributed by atoms with Crippen molar-refractivity contribution in [2.24, 2.45) is 5.92 Å². The topological polar surface area (TPSA) is 40.6 Å². The molecule has 0 unspecified atom stereocenters. The van der Waals surface area contributed by atoms with E-state index in [1.54, 1.807) is 11.8 Å². The highest BCUT2D eigenvalue weighted by Crippen LogP contribution is 2.25. The van der Waals surface area contributed by atoms with E-state index in [-0.39, 0.29) is 11.8 Å². The zero-order chi connectivity index (χ0) is 17.0. The molecule has 4 nitrogen and oxygen atoms in total. The van der Waals surface area contributed by atoms with Gasteiger partial charge in [0.05, 0.1) is 0 Å². The van der Waals surface area contributed by atoms with Crippen molar-refractivity contribution in [3.05, 3.63) is 29.3 Å². The first-order chi connectivity index (χ1) is 10.9. The Morgan fingerprint density at radius 2 is 1.74 bits per heavy atom. The van der Waals surface area contributed by atoms with Crippen molar-refractivity contribution in [3.8, 4) is 0 Å². The number of anilines is 1. The number of benzene rings is 1. The molecular formula is C19H28N2O2. The Labute approximate surface area is 139 Å². The number of amides is 2. The van der Waals surface area contributed by atoms with Crippen molar-refractivity contribution in [1.29, 1.82) is 0 Å². The van der Waals surface area contributed by atoms with Gasteiger partial charge in [-0.3, -0.25) is 9.59 Å². The summed E-state index contributed by atoms with van der Waals surface area (Å²) in [4.78, 5) is 28.2. The molecule has 0 N–H and O–H groups in total. The molecule has 0 aromatic heterocycles. The lowest BCUT2D eigenvalue weighted by Crippen LogP contribution is -2.40. The fourth-order valence-electron chi connectivity index (χ4n) is 3.28. The Hall–Kier alpha value is -1.84. The van der Waals surface area contributed by atoms with E-state index in [1.807, 2.05) is 36.9 Å². The zero-order valence-corrected chi connectivity index (χ0v) is 14.8. The van der Waals surface area contributed by atoms with Crippen LogP contribution in [-0.2, 0) is 9.59 Å². The van der Waals surface area contributed by atoms with Gasteiger partial charge in [-0.15, -0.1) is 0 Å². The van der Waals surface area contributed by atoms with E-state index in [9.17, 15) is 9.59 Å². The van der Waals surface area contributed by atoms with E-state index in [2.05, 4.69) is 6.92 Å². The molecule has 1 heterocycles. The van der Waals surface area contributed by atoms with Gasteiger partial charge in [-0.2, -0.15) is 0 Å². The largest absolute Gasteiger partial charge is 0.343 e. The summed E-state index contributed by atoms with van der Waals surface area (Å²) >= 11 is 0. The Morgan fingerprint density at radius 1 is 1.17 bits per heavy atom. The molecule has 2 amide bonds. The number of piperidine rings is 1. The van der Waals surface area contributed by atoms with Crippen LogP contribution in [0.2, 0.25) is 0 Å². The van der Waals surface area contributed by atoms with Crippen LogP contribution in [0.4, 0.5) is 5.69 Å². The van der Waals surface area contributed by atoms with Gasteiger partial charge in [0.15, 0.2) is 0 Å². The lowest BCUT2D eigenvalue weighted by atomic mass is 9.99. The summed E-state index contributed by atoms with van der Waals surface area (Å²) in [6, 6.07) is 6.00. The molecule has 0 radical (unpaired) electrons. The fourth-order valence-corrected chi connectivity index (χ4v) is 3.28. The minimum absolute atomic E-state index is 0.0116. The molecule has 1 saturated heterocycles. The molecule has 0 saturated carbocycles. The van der Waals surface area contributed by atoms with Crippen molar-refractivity contribution in [2.45, 2.75) is 47.0 Å². The van der Waals surface area contributed by atoms with E-state index >= 15 is 0 Å². The summed E-state index contributed by atoms with van der Waals surface area (Å²) in [6.07, 6.45) is 2.56. The number of carbonyl (C=O) groups excluding carboxylic acids is 2. The Balaban J connectivity index is 2.03. The molecule has 0 atom stereocenters. The van der Waals surface area contributed by atoms with Gasteiger partial charge in [-0.25, -0.2) is 0 Å². The average Bonchev–Trinajstić information content (AvgIpc) is 2.50. The van der Waals surface area contributed by atoms with Crippen molar-refractivity contribution < 1.29 is 9.59 Å². The third-order valence-corrected chi connectivity index (χ3v) is 4.78. The number of hydrogen-bond acceptors (Lipinski definition) is 2. The van der Waals surface area contributed by atoms with Gasteiger partial charge in [0.2, 0.25) is 11.8 Å². The molecule has 4 heteroatoms. The van der Waals surface area contributed by atoms with Gasteiger partial charge in [-0.1, -0.05) is 25.1 Å². The summed E-state index contributed by atoms with van der Waals surface area (Å²) in [5.74, 6) is 0.860. The molecule has 1 aromatic rings. The van der Waals surface area contributed by atoms with Gasteiger partial charge >= 0.3 is 0 Å². The lowest BCUT2D eigenvalue weighted by Gasteiger charge is -2.31. The quantitative estimate of drug-likeness (QED) is 0.855. The number of carbonyl (C=O) groups is 2. The van der Waals surface area contributed by atoms with E-state index in [1.165, 1.54) is 0 Å². The standard InChI is InChI=1S/C19H28N2O2/c1-14-8-11-20(12-9-14)18(23)10-13-21(17(4)22)19-15(2)6-5-7-16(19)3/h5-7,14H,8-13H2,1-4H3. The Morgan fingerprint density at radius 3 is 2.26 bits per heavy atom. The normalized spacial score (nSPS) is 15.6. The molecule has 0 aliphatic carbocycles. The van der Waals surface area contributed by atoms with E-state index < -0.39 is 0 Å². The van der Waals surface area contributed by atoms with Crippen LogP contribution in [0.15, 0.2) is 18.2 Å². The van der Waals surface area contributed by atoms with Gasteiger partial charge in [0.25, 0.3) is 0 Å². The first kappa shape index (κ1) is 17.5. The molecule has 0 spiro atoms. The van der Waals surface area contributed by atoms with Gasteiger partial charge in [-0.05, 0) is 43.7 Å². The summed E-state index contributed by atoms with van der Waals surface area (Å²) in [5, 5.41) is 0. The second-order valence-corrected chi connectivity index (χ2v) is 6.72. The predicted molar refractivity (Wildman–Crippen MR) is 93.5 cm³/mol. The molecule has 126 valence electrons. The molecule has 1 aliphatic heterocycles. The van der Waals surface area contributed by atoms with Crippen LogP contribution in [0.1, 0.15) is 44.2 Å². The van der Waals surface area contributed by atoms with Crippen LogP contribution in [0.3, 0.4) is 0 Å². The summed E-state index contributed by atoms with van der Waals surface area (Å²) in [7, 11) is 0. The van der Waals surface area contributed by atoms with Crippen molar-refractivity contribution >= 4 is 17.5 Å². The van der Waals surface area contributed by atoms with Crippen molar-refractivity contribution in [2.75, 3.05) is 24.5 Å². The third kappa shape index (κ3) is 4.34. The van der Waals surface area contributed by atoms with Crippen LogP contribution in [0, 0.1) is 19.8 Å². The molecule has 0 bridgehead atoms. The highest BCUT2D eigenvalue weighted by atomic mass is 16.2. The number of aryl methyl sites for hydroxylation is 2. The molecule has 23 heavy (non-hydrogen) atoms. The zero-order valence-electron chi connectivity index (χ0n) is 14.8. The monoisotopic (exact) mass is 316 g/mol. The number of nitrogens with zero attached hydrogens (tertiary/aromatic N) is 2. The molecule has 1 aromatic carbocycles. The summed E-state index contributed by atoms with van der Waals surface area (Å²) in [6.45, 7) is 9.97.